The molecule has 1 aliphatic rings. The Morgan fingerprint density at radius 1 is 1.50 bits per heavy atom. The van der Waals surface area contributed by atoms with Crippen molar-refractivity contribution < 1.29 is 14.8 Å². The summed E-state index contributed by atoms with van der Waals surface area (Å²) in [5, 5.41) is 29.9. The van der Waals surface area contributed by atoms with Crippen LogP contribution in [-0.2, 0) is 6.42 Å². The monoisotopic (exact) mass is 302 g/mol. The number of benzene rings is 1. The van der Waals surface area contributed by atoms with E-state index in [0.29, 0.717) is 6.42 Å². The van der Waals surface area contributed by atoms with E-state index in [4.69, 9.17) is 0 Å². The van der Waals surface area contributed by atoms with E-state index >= 15 is 0 Å². The number of aliphatic hydroxyl groups is 1. The van der Waals surface area contributed by atoms with Crippen LogP contribution in [-0.4, -0.2) is 32.2 Å². The summed E-state index contributed by atoms with van der Waals surface area (Å²) in [6, 6.07) is 6.78. The normalized spacial score (nSPS) is 19.7. The van der Waals surface area contributed by atoms with E-state index < -0.39 is 23.0 Å². The van der Waals surface area contributed by atoms with Crippen LogP contribution in [0.2, 0.25) is 0 Å². The molecule has 1 aromatic heterocycles. The molecule has 8 nitrogen and oxygen atoms in total. The molecule has 2 aromatic rings. The maximum Gasteiger partial charge on any atom is 0.322 e. The topological polar surface area (TPSA) is 121 Å². The largest absolute Gasteiger partial charge is 0.390 e. The van der Waals surface area contributed by atoms with Gasteiger partial charge in [0, 0.05) is 6.42 Å². The second-order valence-corrected chi connectivity index (χ2v) is 5.22. The number of carbonyl (C=O) groups is 1. The number of H-pyrrole nitrogens is 1. The summed E-state index contributed by atoms with van der Waals surface area (Å²) in [6.45, 7) is 1.47. The van der Waals surface area contributed by atoms with Gasteiger partial charge in [-0.3, -0.25) is 20.0 Å². The van der Waals surface area contributed by atoms with Crippen molar-refractivity contribution in [3.63, 3.8) is 0 Å². The maximum absolute atomic E-state index is 12.3. The Bertz CT molecular complexity index is 755. The molecule has 1 aromatic carbocycles. The number of nitrogens with one attached hydrogen (secondary N) is 2. The van der Waals surface area contributed by atoms with Crippen molar-refractivity contribution in [3.8, 4) is 0 Å². The van der Waals surface area contributed by atoms with Crippen molar-refractivity contribution in [1.29, 1.82) is 0 Å². The third-order valence-electron chi connectivity index (χ3n) is 3.80. The summed E-state index contributed by atoms with van der Waals surface area (Å²) >= 11 is 0. The lowest BCUT2D eigenvalue weighted by Crippen LogP contribution is -2.34. The predicted molar refractivity (Wildman–Crippen MR) is 76.3 cm³/mol. The number of amides is 1. The van der Waals surface area contributed by atoms with Crippen LogP contribution in [0, 0.1) is 17.0 Å². The summed E-state index contributed by atoms with van der Waals surface area (Å²) in [7, 11) is 0. The van der Waals surface area contributed by atoms with Crippen LogP contribution >= 0.6 is 0 Å². The van der Waals surface area contributed by atoms with E-state index in [0.717, 1.165) is 11.1 Å². The lowest BCUT2D eigenvalue weighted by atomic mass is 10.1. The predicted octanol–water partition coefficient (Wildman–Crippen LogP) is 1.01. The van der Waals surface area contributed by atoms with Gasteiger partial charge in [0.05, 0.1) is 17.1 Å². The number of aliphatic hydroxyl groups excluding tert-OH is 1. The molecule has 0 spiro atoms. The molecule has 8 heteroatoms. The molecule has 114 valence electrons. The number of aromatic amines is 1. The molecular weight excluding hydrogens is 288 g/mol. The summed E-state index contributed by atoms with van der Waals surface area (Å²) in [6.07, 6.45) is -0.330. The van der Waals surface area contributed by atoms with Gasteiger partial charge in [0.1, 0.15) is 5.69 Å². The first-order valence-corrected chi connectivity index (χ1v) is 6.75. The fourth-order valence-electron chi connectivity index (χ4n) is 2.76. The molecule has 0 fully saturated rings. The molecule has 1 aliphatic carbocycles. The summed E-state index contributed by atoms with van der Waals surface area (Å²) in [4.78, 5) is 22.7. The Labute approximate surface area is 125 Å². The van der Waals surface area contributed by atoms with E-state index in [9.17, 15) is 20.0 Å². The third-order valence-corrected chi connectivity index (χ3v) is 3.80. The molecule has 0 saturated carbocycles. The number of hydrogen-bond donors (Lipinski definition) is 3. The molecule has 3 rings (SSSR count). The van der Waals surface area contributed by atoms with E-state index in [1.165, 1.54) is 6.92 Å². The Balaban J connectivity index is 1.88. The molecule has 22 heavy (non-hydrogen) atoms. The Morgan fingerprint density at radius 2 is 2.23 bits per heavy atom. The van der Waals surface area contributed by atoms with Gasteiger partial charge in [0.15, 0.2) is 0 Å². The van der Waals surface area contributed by atoms with Gasteiger partial charge < -0.3 is 10.4 Å². The van der Waals surface area contributed by atoms with Gasteiger partial charge in [0.2, 0.25) is 5.69 Å². The Hall–Kier alpha value is -2.74. The Kier molecular flexibility index (Phi) is 3.38. The van der Waals surface area contributed by atoms with Crippen LogP contribution in [0.5, 0.6) is 0 Å². The van der Waals surface area contributed by atoms with Crippen molar-refractivity contribution in [2.45, 2.75) is 25.5 Å². The number of carbonyl (C=O) groups excluding carboxylic acids is 1. The van der Waals surface area contributed by atoms with E-state index in [1.807, 2.05) is 24.3 Å². The average Bonchev–Trinajstić information content (AvgIpc) is 3.00. The van der Waals surface area contributed by atoms with Crippen molar-refractivity contribution in [2.75, 3.05) is 0 Å². The van der Waals surface area contributed by atoms with Gasteiger partial charge in [-0.2, -0.15) is 5.10 Å². The molecule has 0 radical (unpaired) electrons. The van der Waals surface area contributed by atoms with Gasteiger partial charge in [-0.25, -0.2) is 0 Å². The zero-order valence-electron chi connectivity index (χ0n) is 11.7. The molecule has 0 unspecified atom stereocenters. The number of nitrogens with zero attached hydrogens (tertiary/aromatic N) is 2. The zero-order chi connectivity index (χ0) is 15.9. The molecule has 3 N–H and O–H groups in total. The molecule has 1 amide bonds. The van der Waals surface area contributed by atoms with Crippen molar-refractivity contribution in [1.82, 2.24) is 15.5 Å². The minimum absolute atomic E-state index is 0.211. The van der Waals surface area contributed by atoms with Crippen LogP contribution in [0.25, 0.3) is 0 Å². The van der Waals surface area contributed by atoms with E-state index in [-0.39, 0.29) is 17.1 Å². The molecular formula is C14H14N4O4. The second kappa shape index (κ2) is 5.23. The molecule has 2 atom stereocenters. The SMILES string of the molecule is Cc1[nH]nc(C(=O)N[C@H]2c3ccccc3C[C@@H]2O)c1[N+](=O)[O-]. The van der Waals surface area contributed by atoms with Crippen molar-refractivity contribution in [3.05, 3.63) is 56.9 Å². The average molecular weight is 302 g/mol. The molecule has 0 bridgehead atoms. The maximum atomic E-state index is 12.3. The fraction of sp³-hybridized carbons (Fsp3) is 0.286. The van der Waals surface area contributed by atoms with Crippen LogP contribution in [0.15, 0.2) is 24.3 Å². The lowest BCUT2D eigenvalue weighted by molar-refractivity contribution is -0.385. The first kappa shape index (κ1) is 14.2. The lowest BCUT2D eigenvalue weighted by Gasteiger charge is -2.17. The van der Waals surface area contributed by atoms with Gasteiger partial charge in [-0.05, 0) is 18.1 Å². The third kappa shape index (κ3) is 2.23. The number of hydrogen-bond acceptors (Lipinski definition) is 5. The standard InChI is InChI=1S/C14H14N4O4/c1-7-13(18(21)22)12(17-16-7)14(20)15-11-9-5-3-2-4-8(9)6-10(11)19/h2-5,10-11,19H,6H2,1H3,(H,15,20)(H,16,17)/t10-,11-/m0/s1. The number of nitro groups is 1. The van der Waals surface area contributed by atoms with E-state index in [2.05, 4.69) is 15.5 Å². The highest BCUT2D eigenvalue weighted by Gasteiger charge is 2.35. The van der Waals surface area contributed by atoms with Crippen LogP contribution in [0.3, 0.4) is 0 Å². The first-order chi connectivity index (χ1) is 10.5. The quantitative estimate of drug-likeness (QED) is 0.577. The second-order valence-electron chi connectivity index (χ2n) is 5.22. The van der Waals surface area contributed by atoms with Gasteiger partial charge in [-0.15, -0.1) is 0 Å². The highest BCUT2D eigenvalue weighted by Crippen LogP contribution is 2.32. The van der Waals surface area contributed by atoms with Crippen molar-refractivity contribution >= 4 is 11.6 Å². The minimum Gasteiger partial charge on any atom is -0.390 e. The smallest absolute Gasteiger partial charge is 0.322 e. The number of aromatic nitrogens is 2. The van der Waals surface area contributed by atoms with Gasteiger partial charge >= 0.3 is 5.69 Å². The number of rotatable bonds is 3. The minimum atomic E-state index is -0.763. The highest BCUT2D eigenvalue weighted by atomic mass is 16.6. The van der Waals surface area contributed by atoms with Crippen LogP contribution < -0.4 is 5.32 Å². The first-order valence-electron chi connectivity index (χ1n) is 6.75. The van der Waals surface area contributed by atoms with Gasteiger partial charge in [-0.1, -0.05) is 24.3 Å². The van der Waals surface area contributed by atoms with Crippen LogP contribution in [0.4, 0.5) is 5.69 Å². The van der Waals surface area contributed by atoms with E-state index in [1.54, 1.807) is 0 Å². The summed E-state index contributed by atoms with van der Waals surface area (Å²) in [5.41, 5.74) is 1.35. The Morgan fingerprint density at radius 3 is 2.95 bits per heavy atom. The summed E-state index contributed by atoms with van der Waals surface area (Å²) < 4.78 is 0. The highest BCUT2D eigenvalue weighted by molar-refractivity contribution is 5.96. The van der Waals surface area contributed by atoms with Crippen molar-refractivity contribution in [2.24, 2.45) is 0 Å². The van der Waals surface area contributed by atoms with Crippen LogP contribution in [0.1, 0.15) is 33.4 Å². The van der Waals surface area contributed by atoms with Gasteiger partial charge in [0.25, 0.3) is 5.91 Å². The summed E-state index contributed by atoms with van der Waals surface area (Å²) in [5.74, 6) is -0.684. The molecule has 0 saturated heterocycles. The number of fused-ring (bicyclic) bond motifs is 1. The molecule has 1 heterocycles. The fourth-order valence-corrected chi connectivity index (χ4v) is 2.76. The number of aryl methyl sites for hydroxylation is 1. The zero-order valence-corrected chi connectivity index (χ0v) is 11.7. The molecule has 0 aliphatic heterocycles.